The molecule has 1 N–H and O–H groups in total. The van der Waals surface area contributed by atoms with Crippen LogP contribution in [0.1, 0.15) is 102 Å². The predicted molar refractivity (Wildman–Crippen MR) is 121 cm³/mol. The number of hydrogen-bond donors (Lipinski definition) is 1. The number of aryl methyl sites for hydroxylation is 1. The number of hydrogen-bond acceptors (Lipinski definition) is 3. The van der Waals surface area contributed by atoms with Crippen molar-refractivity contribution in [2.24, 2.45) is 0 Å². The van der Waals surface area contributed by atoms with E-state index < -0.39 is 11.9 Å². The molecule has 0 heterocycles. The van der Waals surface area contributed by atoms with Gasteiger partial charge in [-0.3, -0.25) is 9.59 Å². The molecule has 0 atom stereocenters. The van der Waals surface area contributed by atoms with E-state index in [1.54, 1.807) is 6.07 Å². The van der Waals surface area contributed by atoms with E-state index in [0.29, 0.717) is 5.75 Å². The summed E-state index contributed by atoms with van der Waals surface area (Å²) in [5.41, 5.74) is 1.03. The maximum atomic E-state index is 11.8. The van der Waals surface area contributed by atoms with Gasteiger partial charge in [0.25, 0.3) is 0 Å². The summed E-state index contributed by atoms with van der Waals surface area (Å²) in [5, 5.41) is 8.65. The van der Waals surface area contributed by atoms with Crippen molar-refractivity contribution >= 4 is 63.3 Å². The zero-order valence-electron chi connectivity index (χ0n) is 17.6. The van der Waals surface area contributed by atoms with E-state index in [4.69, 9.17) is 9.84 Å². The van der Waals surface area contributed by atoms with Crippen LogP contribution in [0.2, 0.25) is 0 Å². The monoisotopic (exact) mass is 430 g/mol. The summed E-state index contributed by atoms with van der Waals surface area (Å²) >= 11 is 0. The molecule has 0 amide bonds. The molecular formula is C24H39KO4. The molecule has 160 valence electrons. The zero-order valence-corrected chi connectivity index (χ0v) is 17.6. The number of rotatable bonds is 17. The number of carboxylic acids is 1. The third-order valence-corrected chi connectivity index (χ3v) is 5.04. The molecule has 0 saturated heterocycles. The summed E-state index contributed by atoms with van der Waals surface area (Å²) in [6.45, 7) is 2.26. The number of aliphatic carboxylic acids is 1. The van der Waals surface area contributed by atoms with E-state index in [1.165, 1.54) is 70.6 Å². The molecule has 1 aromatic carbocycles. The van der Waals surface area contributed by atoms with Gasteiger partial charge in [0.05, 0.1) is 12.8 Å². The van der Waals surface area contributed by atoms with Crippen LogP contribution in [0.15, 0.2) is 24.3 Å². The van der Waals surface area contributed by atoms with Gasteiger partial charge in [0, 0.05) is 0 Å². The van der Waals surface area contributed by atoms with E-state index in [-0.39, 0.29) is 64.2 Å². The standard InChI is InChI=1S/C24H38O4.K.H/c1-2-3-4-5-6-7-8-9-10-11-12-13-16-21-17-14-15-18-22(21)28-24(27)20-19-23(25)26;;/h14-15,17-18H,2-13,16,19-20H2,1H3,(H,25,26);;. The van der Waals surface area contributed by atoms with Gasteiger partial charge in [0.15, 0.2) is 0 Å². The predicted octanol–water partition coefficient (Wildman–Crippen LogP) is 6.05. The second-order valence-electron chi connectivity index (χ2n) is 7.61. The zero-order chi connectivity index (χ0) is 20.5. The van der Waals surface area contributed by atoms with Gasteiger partial charge in [-0.05, 0) is 24.5 Å². The normalized spacial score (nSPS) is 10.4. The third kappa shape index (κ3) is 16.2. The number of esters is 1. The molecule has 0 radical (unpaired) electrons. The molecule has 0 bridgehead atoms. The van der Waals surface area contributed by atoms with E-state index in [9.17, 15) is 9.59 Å². The number of para-hydroxylation sites is 1. The third-order valence-electron chi connectivity index (χ3n) is 5.04. The van der Waals surface area contributed by atoms with Crippen LogP contribution in [0.4, 0.5) is 0 Å². The summed E-state index contributed by atoms with van der Waals surface area (Å²) in [6.07, 6.45) is 16.4. The summed E-state index contributed by atoms with van der Waals surface area (Å²) in [7, 11) is 0. The molecule has 0 aliphatic rings. The van der Waals surface area contributed by atoms with Crippen LogP contribution in [0.3, 0.4) is 0 Å². The first-order valence-corrected chi connectivity index (χ1v) is 11.1. The van der Waals surface area contributed by atoms with Gasteiger partial charge in [0.2, 0.25) is 0 Å². The fourth-order valence-corrected chi connectivity index (χ4v) is 3.35. The second-order valence-corrected chi connectivity index (χ2v) is 7.61. The number of ether oxygens (including phenoxy) is 1. The second kappa shape index (κ2) is 19.7. The quantitative estimate of drug-likeness (QED) is 0.141. The van der Waals surface area contributed by atoms with Gasteiger partial charge in [-0.15, -0.1) is 0 Å². The molecule has 0 aliphatic carbocycles. The van der Waals surface area contributed by atoms with E-state index in [1.807, 2.05) is 18.2 Å². The molecular weight excluding hydrogens is 391 g/mol. The first kappa shape index (κ1) is 28.8. The van der Waals surface area contributed by atoms with Crippen LogP contribution in [0.25, 0.3) is 0 Å². The van der Waals surface area contributed by atoms with Crippen molar-refractivity contribution in [1.29, 1.82) is 0 Å². The molecule has 1 rings (SSSR count). The van der Waals surface area contributed by atoms with Crippen LogP contribution in [0.5, 0.6) is 5.75 Å². The van der Waals surface area contributed by atoms with E-state index in [2.05, 4.69) is 6.92 Å². The van der Waals surface area contributed by atoms with Crippen molar-refractivity contribution in [3.05, 3.63) is 29.8 Å². The average molecular weight is 431 g/mol. The fraction of sp³-hybridized carbons (Fsp3) is 0.667. The Bertz CT molecular complexity index is 560. The van der Waals surface area contributed by atoms with Crippen LogP contribution >= 0.6 is 0 Å². The number of carbonyl (C=O) groups is 2. The summed E-state index contributed by atoms with van der Waals surface area (Å²) in [4.78, 5) is 22.3. The Morgan fingerprint density at radius 2 is 1.31 bits per heavy atom. The van der Waals surface area contributed by atoms with E-state index >= 15 is 0 Å². The van der Waals surface area contributed by atoms with Crippen molar-refractivity contribution in [3.8, 4) is 5.75 Å². The van der Waals surface area contributed by atoms with Crippen molar-refractivity contribution < 1.29 is 19.4 Å². The van der Waals surface area contributed by atoms with Crippen LogP contribution in [-0.2, 0) is 16.0 Å². The topological polar surface area (TPSA) is 63.6 Å². The van der Waals surface area contributed by atoms with Gasteiger partial charge in [-0.2, -0.15) is 0 Å². The van der Waals surface area contributed by atoms with Crippen LogP contribution in [0, 0.1) is 0 Å². The minimum absolute atomic E-state index is 0. The first-order chi connectivity index (χ1) is 13.6. The molecule has 0 aliphatic heterocycles. The average Bonchev–Trinajstić information content (AvgIpc) is 2.68. The van der Waals surface area contributed by atoms with Crippen molar-refractivity contribution in [3.63, 3.8) is 0 Å². The molecule has 0 fully saturated rings. The minimum atomic E-state index is -0.985. The number of benzene rings is 1. The van der Waals surface area contributed by atoms with Crippen LogP contribution in [-0.4, -0.2) is 68.4 Å². The molecule has 0 saturated carbocycles. The Kier molecular flexibility index (Phi) is 19.6. The Hall–Kier alpha value is -0.204. The summed E-state index contributed by atoms with van der Waals surface area (Å²) in [6, 6.07) is 7.56. The Labute approximate surface area is 219 Å². The van der Waals surface area contributed by atoms with E-state index in [0.717, 1.165) is 18.4 Å². The molecule has 4 nitrogen and oxygen atoms in total. The maximum absolute atomic E-state index is 11.8. The Morgan fingerprint density at radius 1 is 0.793 bits per heavy atom. The first-order valence-electron chi connectivity index (χ1n) is 11.1. The van der Waals surface area contributed by atoms with Gasteiger partial charge in [-0.25, -0.2) is 0 Å². The van der Waals surface area contributed by atoms with Gasteiger partial charge >= 0.3 is 63.3 Å². The summed E-state index contributed by atoms with van der Waals surface area (Å²) in [5.74, 6) is -0.896. The Morgan fingerprint density at radius 3 is 1.86 bits per heavy atom. The number of unbranched alkanes of at least 4 members (excludes halogenated alkanes) is 11. The molecule has 5 heteroatoms. The molecule has 1 aromatic rings. The Balaban J connectivity index is 0.00000784. The van der Waals surface area contributed by atoms with Crippen molar-refractivity contribution in [2.45, 2.75) is 103 Å². The van der Waals surface area contributed by atoms with Crippen molar-refractivity contribution in [1.82, 2.24) is 0 Å². The molecule has 0 unspecified atom stereocenters. The SMILES string of the molecule is CCCCCCCCCCCCCCc1ccccc1OC(=O)CCC(=O)O.[KH]. The summed E-state index contributed by atoms with van der Waals surface area (Å²) < 4.78 is 5.35. The van der Waals surface area contributed by atoms with Gasteiger partial charge < -0.3 is 9.84 Å². The molecule has 0 spiro atoms. The van der Waals surface area contributed by atoms with Gasteiger partial charge in [0.1, 0.15) is 5.75 Å². The number of carbonyl (C=O) groups excluding carboxylic acids is 1. The molecule has 29 heavy (non-hydrogen) atoms. The molecule has 0 aromatic heterocycles. The van der Waals surface area contributed by atoms with Crippen molar-refractivity contribution in [2.75, 3.05) is 0 Å². The van der Waals surface area contributed by atoms with Crippen LogP contribution < -0.4 is 4.74 Å². The fourth-order valence-electron chi connectivity index (χ4n) is 3.35. The number of carboxylic acid groups (broad SMARTS) is 1. The van der Waals surface area contributed by atoms with Gasteiger partial charge in [-0.1, -0.05) is 95.8 Å².